The molecular formula is C27H27ClN6O5S. The summed E-state index contributed by atoms with van der Waals surface area (Å²) in [6.45, 7) is 0. The number of thioether (sulfide) groups is 1. The molecule has 40 heavy (non-hydrogen) atoms. The van der Waals surface area contributed by atoms with Crippen LogP contribution in [0.4, 0.5) is 5.82 Å². The van der Waals surface area contributed by atoms with Crippen molar-refractivity contribution in [2.75, 3.05) is 16.8 Å². The number of carboxylic acid groups (broad SMARTS) is 1. The maximum atomic E-state index is 10.9. The van der Waals surface area contributed by atoms with Crippen molar-refractivity contribution in [1.29, 1.82) is 0 Å². The van der Waals surface area contributed by atoms with Crippen LogP contribution in [0.3, 0.4) is 0 Å². The largest absolute Gasteiger partial charge is 0.480 e. The van der Waals surface area contributed by atoms with Crippen LogP contribution in [-0.4, -0.2) is 76.7 Å². The normalized spacial score (nSPS) is 22.8. The predicted molar refractivity (Wildman–Crippen MR) is 151 cm³/mol. The summed E-state index contributed by atoms with van der Waals surface area (Å²) in [5, 5.41) is 33.9. The number of aliphatic hydroxyl groups is 2. The second-order valence-electron chi connectivity index (χ2n) is 9.77. The Kier molecular flexibility index (Phi) is 7.38. The fourth-order valence-corrected chi connectivity index (χ4v) is 6.51. The van der Waals surface area contributed by atoms with Crippen molar-refractivity contribution in [1.82, 2.24) is 19.5 Å². The molecule has 2 aliphatic rings. The van der Waals surface area contributed by atoms with Gasteiger partial charge in [-0.3, -0.25) is 9.36 Å². The molecular weight excluding hydrogens is 556 g/mol. The van der Waals surface area contributed by atoms with E-state index in [9.17, 15) is 15.0 Å². The van der Waals surface area contributed by atoms with E-state index in [0.29, 0.717) is 28.5 Å². The monoisotopic (exact) mass is 582 g/mol. The number of anilines is 1. The molecule has 6 N–H and O–H groups in total. The molecule has 1 aliphatic carbocycles. The van der Waals surface area contributed by atoms with Gasteiger partial charge in [-0.15, -0.1) is 0 Å². The van der Waals surface area contributed by atoms with Crippen LogP contribution in [0.2, 0.25) is 5.28 Å². The Morgan fingerprint density at radius 1 is 1.10 bits per heavy atom. The lowest BCUT2D eigenvalue weighted by atomic mass is 10.1. The molecule has 0 saturated carbocycles. The number of aromatic nitrogens is 4. The second kappa shape index (κ2) is 11.0. The number of carboxylic acids is 1. The highest BCUT2D eigenvalue weighted by Gasteiger charge is 2.44. The van der Waals surface area contributed by atoms with Crippen LogP contribution in [0.1, 0.15) is 29.8 Å². The minimum atomic E-state index is -1.25. The summed E-state index contributed by atoms with van der Waals surface area (Å²) in [6.07, 6.45) is -2.29. The van der Waals surface area contributed by atoms with Crippen LogP contribution in [0.5, 0.6) is 0 Å². The maximum absolute atomic E-state index is 10.9. The molecule has 1 fully saturated rings. The highest BCUT2D eigenvalue weighted by Crippen LogP contribution is 2.45. The Morgan fingerprint density at radius 3 is 2.45 bits per heavy atom. The zero-order valence-electron chi connectivity index (χ0n) is 21.1. The molecule has 4 aromatic rings. The van der Waals surface area contributed by atoms with E-state index in [4.69, 9.17) is 27.2 Å². The van der Waals surface area contributed by atoms with Crippen LogP contribution in [0, 0.1) is 0 Å². The van der Waals surface area contributed by atoms with E-state index in [1.54, 1.807) is 4.57 Å². The molecule has 3 heterocycles. The first kappa shape index (κ1) is 26.9. The third kappa shape index (κ3) is 4.80. The van der Waals surface area contributed by atoms with E-state index < -0.39 is 36.6 Å². The first-order valence-corrected chi connectivity index (χ1v) is 14.3. The van der Waals surface area contributed by atoms with Crippen molar-refractivity contribution in [2.45, 2.75) is 43.0 Å². The highest BCUT2D eigenvalue weighted by molar-refractivity contribution is 7.99. The third-order valence-corrected chi connectivity index (χ3v) is 8.55. The third-order valence-electron chi connectivity index (χ3n) is 7.29. The number of carbonyl (C=O) groups is 1. The lowest BCUT2D eigenvalue weighted by Crippen LogP contribution is -2.33. The number of hydrogen-bond donors (Lipinski definition) is 5. The van der Waals surface area contributed by atoms with Gasteiger partial charge >= 0.3 is 5.97 Å². The lowest BCUT2D eigenvalue weighted by Gasteiger charge is -2.18. The average Bonchev–Trinajstić information content (AvgIpc) is 3.59. The average molecular weight is 583 g/mol. The molecule has 11 nitrogen and oxygen atoms in total. The molecule has 13 heteroatoms. The molecule has 208 valence electrons. The summed E-state index contributed by atoms with van der Waals surface area (Å²) in [5.74, 6) is 0.188. The maximum Gasteiger partial charge on any atom is 0.320 e. The molecule has 1 saturated heterocycles. The van der Waals surface area contributed by atoms with Crippen LogP contribution in [-0.2, 0) is 9.53 Å². The minimum absolute atomic E-state index is 0.00812. The summed E-state index contributed by atoms with van der Waals surface area (Å²) < 4.78 is 7.57. The number of aliphatic carboxylic acids is 1. The van der Waals surface area contributed by atoms with Crippen LogP contribution in [0.15, 0.2) is 54.9 Å². The van der Waals surface area contributed by atoms with Gasteiger partial charge in [0.2, 0.25) is 5.28 Å². The smallest absolute Gasteiger partial charge is 0.320 e. The van der Waals surface area contributed by atoms with Gasteiger partial charge in [0, 0.05) is 5.75 Å². The molecule has 1 aliphatic heterocycles. The van der Waals surface area contributed by atoms with Crippen molar-refractivity contribution < 1.29 is 24.9 Å². The van der Waals surface area contributed by atoms with Crippen LogP contribution >= 0.6 is 23.4 Å². The van der Waals surface area contributed by atoms with Gasteiger partial charge in [-0.1, -0.05) is 48.5 Å². The molecule has 5 atom stereocenters. The lowest BCUT2D eigenvalue weighted by molar-refractivity contribution is -0.138. The van der Waals surface area contributed by atoms with Crippen molar-refractivity contribution >= 4 is 46.3 Å². The predicted octanol–water partition coefficient (Wildman–Crippen LogP) is 2.82. The standard InChI is InChI=1S/C27H27ClN6O5S/c28-27-32-23(31-19-15-7-3-1-5-13(15)14-6-2-4-8-16(14)19)20-24(33-27)34(12-30-20)25-22(36)21(35)18(39-25)11-40-10-9-17(29)26(37)38/h1-8,12,17-19,21-22,25,35-36H,9-11,29H2,(H,37,38)(H,31,32,33)/t17?,18-,21-,22-,25-/m1/s1. The number of nitrogens with zero attached hydrogens (tertiary/aromatic N) is 4. The Labute approximate surface area is 238 Å². The Hall–Kier alpha value is -3.26. The van der Waals surface area contributed by atoms with Crippen molar-refractivity contribution in [3.63, 3.8) is 0 Å². The van der Waals surface area contributed by atoms with Crippen molar-refractivity contribution in [2.24, 2.45) is 5.73 Å². The van der Waals surface area contributed by atoms with Gasteiger partial charge in [0.05, 0.1) is 18.5 Å². The first-order chi connectivity index (χ1) is 19.3. The van der Waals surface area contributed by atoms with Gasteiger partial charge in [-0.25, -0.2) is 4.98 Å². The SMILES string of the molecule is NC(CCSC[C@H]1O[C@@H](n2cnc3c(NC4c5ccccc5-c5ccccc54)nc(Cl)nc32)[C@H](O)[C@@H]1O)C(=O)O. The fourth-order valence-electron chi connectivity index (χ4n) is 5.25. The molecule has 6 rings (SSSR count). The van der Waals surface area contributed by atoms with Gasteiger partial charge in [0.25, 0.3) is 0 Å². The van der Waals surface area contributed by atoms with E-state index in [0.717, 1.165) is 22.3 Å². The van der Waals surface area contributed by atoms with Gasteiger partial charge in [-0.05, 0) is 46.0 Å². The topological polar surface area (TPSA) is 169 Å². The van der Waals surface area contributed by atoms with Crippen LogP contribution < -0.4 is 11.1 Å². The summed E-state index contributed by atoms with van der Waals surface area (Å²) in [6, 6.07) is 15.2. The van der Waals surface area contributed by atoms with Gasteiger partial charge < -0.3 is 31.1 Å². The summed E-state index contributed by atoms with van der Waals surface area (Å²) in [5.41, 5.74) is 10.8. The molecule has 0 radical (unpaired) electrons. The number of nitrogens with one attached hydrogen (secondary N) is 1. The highest BCUT2D eigenvalue weighted by atomic mass is 35.5. The Bertz CT molecular complexity index is 1520. The number of hydrogen-bond acceptors (Lipinski definition) is 10. The number of benzene rings is 2. The Morgan fingerprint density at radius 2 is 1.77 bits per heavy atom. The minimum Gasteiger partial charge on any atom is -0.480 e. The van der Waals surface area contributed by atoms with E-state index in [-0.39, 0.29) is 17.7 Å². The van der Waals surface area contributed by atoms with Gasteiger partial charge in [-0.2, -0.15) is 21.7 Å². The van der Waals surface area contributed by atoms with E-state index in [2.05, 4.69) is 44.5 Å². The zero-order valence-corrected chi connectivity index (χ0v) is 22.7. The summed E-state index contributed by atoms with van der Waals surface area (Å²) in [4.78, 5) is 24.2. The van der Waals surface area contributed by atoms with E-state index >= 15 is 0 Å². The fraction of sp³-hybridized carbons (Fsp3) is 0.333. The second-order valence-corrected chi connectivity index (χ2v) is 11.3. The number of rotatable bonds is 9. The number of fused-ring (bicyclic) bond motifs is 4. The van der Waals surface area contributed by atoms with Crippen molar-refractivity contribution in [3.8, 4) is 11.1 Å². The molecule has 2 aromatic heterocycles. The molecule has 0 bridgehead atoms. The zero-order chi connectivity index (χ0) is 28.0. The molecule has 0 spiro atoms. The van der Waals surface area contributed by atoms with E-state index in [1.807, 2.05) is 24.3 Å². The Balaban J connectivity index is 1.25. The van der Waals surface area contributed by atoms with Gasteiger partial charge in [0.1, 0.15) is 18.2 Å². The number of nitrogens with two attached hydrogens (primary N) is 1. The molecule has 0 amide bonds. The first-order valence-electron chi connectivity index (χ1n) is 12.8. The number of halogens is 1. The van der Waals surface area contributed by atoms with Gasteiger partial charge in [0.15, 0.2) is 23.2 Å². The number of imidazole rings is 1. The summed E-state index contributed by atoms with van der Waals surface area (Å²) >= 11 is 7.76. The quantitative estimate of drug-likeness (QED) is 0.145. The molecule has 1 unspecified atom stereocenters. The number of aliphatic hydroxyl groups excluding tert-OH is 2. The van der Waals surface area contributed by atoms with Crippen LogP contribution in [0.25, 0.3) is 22.3 Å². The molecule has 2 aromatic carbocycles. The number of ether oxygens (including phenoxy) is 1. The van der Waals surface area contributed by atoms with E-state index in [1.165, 1.54) is 18.1 Å². The van der Waals surface area contributed by atoms with Crippen molar-refractivity contribution in [3.05, 3.63) is 71.3 Å². The summed E-state index contributed by atoms with van der Waals surface area (Å²) in [7, 11) is 0.